The molecule has 0 atom stereocenters. The van der Waals surface area contributed by atoms with Crippen LogP contribution in [-0.4, -0.2) is 34.9 Å². The summed E-state index contributed by atoms with van der Waals surface area (Å²) in [6.07, 6.45) is 1.87. The van der Waals surface area contributed by atoms with Crippen LogP contribution in [0, 0.1) is 0 Å². The van der Waals surface area contributed by atoms with E-state index in [1.807, 2.05) is 19.1 Å². The molecule has 158 valence electrons. The second-order valence-electron chi connectivity index (χ2n) is 7.54. The Morgan fingerprint density at radius 1 is 1.13 bits per heavy atom. The molecule has 1 aromatic heterocycles. The van der Waals surface area contributed by atoms with Gasteiger partial charge in [-0.3, -0.25) is 10.00 Å². The normalized spacial score (nSPS) is 13.8. The average molecular weight is 426 g/mol. The maximum atomic E-state index is 6.59. The predicted molar refractivity (Wildman–Crippen MR) is 120 cm³/mol. The molecular weight excluding hydrogens is 398 g/mol. The van der Waals surface area contributed by atoms with Crippen molar-refractivity contribution >= 4 is 11.6 Å². The molecule has 4 rings (SSSR count). The Kier molecular flexibility index (Phi) is 6.60. The van der Waals surface area contributed by atoms with E-state index in [1.165, 1.54) is 16.8 Å². The molecule has 1 N–H and O–H groups in total. The smallest absolute Gasteiger partial charge is 0.179 e. The monoisotopic (exact) mass is 425 g/mol. The van der Waals surface area contributed by atoms with Crippen molar-refractivity contribution < 1.29 is 9.47 Å². The van der Waals surface area contributed by atoms with E-state index >= 15 is 0 Å². The first-order chi connectivity index (χ1) is 14.7. The topological polar surface area (TPSA) is 50.4 Å². The number of nitrogens with one attached hydrogen (secondary N) is 1. The second-order valence-corrected chi connectivity index (χ2v) is 7.95. The lowest BCUT2D eigenvalue weighted by Crippen LogP contribution is -2.29. The van der Waals surface area contributed by atoms with E-state index in [0.29, 0.717) is 29.7 Å². The van der Waals surface area contributed by atoms with Crippen LogP contribution in [0.4, 0.5) is 0 Å². The zero-order valence-corrected chi connectivity index (χ0v) is 18.3. The van der Waals surface area contributed by atoms with Crippen LogP contribution in [-0.2, 0) is 19.5 Å². The van der Waals surface area contributed by atoms with Crippen molar-refractivity contribution in [1.29, 1.82) is 0 Å². The molecule has 0 saturated carbocycles. The second kappa shape index (κ2) is 9.54. The Labute approximate surface area is 183 Å². The third-order valence-electron chi connectivity index (χ3n) is 5.29. The van der Waals surface area contributed by atoms with Crippen molar-refractivity contribution in [2.45, 2.75) is 39.8 Å². The molecule has 3 aromatic rings. The maximum absolute atomic E-state index is 6.59. The lowest BCUT2D eigenvalue weighted by molar-refractivity contribution is 0.245. The molecule has 0 unspecified atom stereocenters. The van der Waals surface area contributed by atoms with E-state index < -0.39 is 0 Å². The highest BCUT2D eigenvalue weighted by Gasteiger charge is 2.24. The minimum absolute atomic E-state index is 0.547. The molecule has 0 aliphatic carbocycles. The Bertz CT molecular complexity index is 988. The molecule has 0 radical (unpaired) electrons. The number of H-pyrrole nitrogens is 1. The number of hydrogen-bond acceptors (Lipinski definition) is 4. The summed E-state index contributed by atoms with van der Waals surface area (Å²) in [5.74, 6) is 1.28. The zero-order valence-electron chi connectivity index (χ0n) is 17.6. The lowest BCUT2D eigenvalue weighted by Gasteiger charge is -2.27. The molecule has 6 heteroatoms. The number of ether oxygens (including phenoxy) is 2. The van der Waals surface area contributed by atoms with Crippen LogP contribution in [0.1, 0.15) is 37.1 Å². The van der Waals surface area contributed by atoms with Crippen LogP contribution in [0.3, 0.4) is 0 Å². The number of benzene rings is 2. The van der Waals surface area contributed by atoms with Crippen LogP contribution < -0.4 is 9.47 Å². The highest BCUT2D eigenvalue weighted by molar-refractivity contribution is 6.32. The van der Waals surface area contributed by atoms with Gasteiger partial charge in [0.1, 0.15) is 0 Å². The standard InChI is InChI=1S/C24H28ClN3O2/c1-3-12-30-24-20(25)13-18(14-22(24)29-4-2)23-19-16-28(11-10-21(19)26-27-23)15-17-8-6-5-7-9-17/h5-9,13-14H,3-4,10-12,15-16H2,1-2H3,(H,26,27). The fourth-order valence-electron chi connectivity index (χ4n) is 3.88. The summed E-state index contributed by atoms with van der Waals surface area (Å²) in [5, 5.41) is 8.43. The molecule has 2 heterocycles. The summed E-state index contributed by atoms with van der Waals surface area (Å²) in [6.45, 7) is 7.97. The van der Waals surface area contributed by atoms with Crippen molar-refractivity contribution in [1.82, 2.24) is 15.1 Å². The van der Waals surface area contributed by atoms with Crippen molar-refractivity contribution in [3.63, 3.8) is 0 Å². The van der Waals surface area contributed by atoms with Gasteiger partial charge in [0.15, 0.2) is 11.5 Å². The predicted octanol–water partition coefficient (Wildman–Crippen LogP) is 5.48. The number of hydrogen-bond donors (Lipinski definition) is 1. The Morgan fingerprint density at radius 2 is 1.97 bits per heavy atom. The molecule has 0 spiro atoms. The minimum Gasteiger partial charge on any atom is -0.490 e. The van der Waals surface area contributed by atoms with Gasteiger partial charge in [-0.2, -0.15) is 5.10 Å². The highest BCUT2D eigenvalue weighted by atomic mass is 35.5. The minimum atomic E-state index is 0.547. The van der Waals surface area contributed by atoms with Gasteiger partial charge >= 0.3 is 0 Å². The fraction of sp³-hybridized carbons (Fsp3) is 0.375. The van der Waals surface area contributed by atoms with Gasteiger partial charge in [-0.05, 0) is 31.0 Å². The van der Waals surface area contributed by atoms with E-state index in [0.717, 1.165) is 43.7 Å². The van der Waals surface area contributed by atoms with Crippen LogP contribution >= 0.6 is 11.6 Å². The number of halogens is 1. The van der Waals surface area contributed by atoms with Crippen molar-refractivity contribution in [2.75, 3.05) is 19.8 Å². The Balaban J connectivity index is 1.62. The molecule has 30 heavy (non-hydrogen) atoms. The summed E-state index contributed by atoms with van der Waals surface area (Å²) in [4.78, 5) is 2.46. The molecule has 1 aliphatic rings. The van der Waals surface area contributed by atoms with Gasteiger partial charge < -0.3 is 9.47 Å². The van der Waals surface area contributed by atoms with Gasteiger partial charge in [0.25, 0.3) is 0 Å². The Hall–Kier alpha value is -2.50. The quantitative estimate of drug-likeness (QED) is 0.519. The molecule has 1 aliphatic heterocycles. The van der Waals surface area contributed by atoms with Gasteiger partial charge in [0.05, 0.1) is 23.9 Å². The molecule has 0 fully saturated rings. The first-order valence-electron chi connectivity index (χ1n) is 10.6. The molecule has 2 aromatic carbocycles. The van der Waals surface area contributed by atoms with E-state index in [-0.39, 0.29) is 0 Å². The highest BCUT2D eigenvalue weighted by Crippen LogP contribution is 2.41. The summed E-state index contributed by atoms with van der Waals surface area (Å²) in [5.41, 5.74) is 5.65. The first kappa shape index (κ1) is 20.8. The van der Waals surface area contributed by atoms with Crippen LogP contribution in [0.25, 0.3) is 11.3 Å². The van der Waals surface area contributed by atoms with Crippen LogP contribution in [0.2, 0.25) is 5.02 Å². The Morgan fingerprint density at radius 3 is 2.73 bits per heavy atom. The zero-order chi connectivity index (χ0) is 20.9. The molecule has 0 amide bonds. The van der Waals surface area contributed by atoms with E-state index in [4.69, 9.17) is 21.1 Å². The SMILES string of the molecule is CCCOc1c(Cl)cc(-c2n[nH]c3c2CN(Cc2ccccc2)CC3)cc1OCC. The lowest BCUT2D eigenvalue weighted by atomic mass is 10.00. The molecular formula is C24H28ClN3O2. The third-order valence-corrected chi connectivity index (χ3v) is 5.58. The van der Waals surface area contributed by atoms with Gasteiger partial charge in [0, 0.05) is 42.9 Å². The average Bonchev–Trinajstić information content (AvgIpc) is 3.17. The number of aromatic amines is 1. The van der Waals surface area contributed by atoms with Gasteiger partial charge in [0.2, 0.25) is 0 Å². The fourth-order valence-corrected chi connectivity index (χ4v) is 4.14. The summed E-state index contributed by atoms with van der Waals surface area (Å²) < 4.78 is 11.7. The summed E-state index contributed by atoms with van der Waals surface area (Å²) in [6, 6.07) is 14.5. The van der Waals surface area contributed by atoms with Gasteiger partial charge in [-0.25, -0.2) is 0 Å². The third kappa shape index (κ3) is 4.47. The number of nitrogens with zero attached hydrogens (tertiary/aromatic N) is 2. The number of rotatable bonds is 8. The van der Waals surface area contributed by atoms with E-state index in [9.17, 15) is 0 Å². The summed E-state index contributed by atoms with van der Waals surface area (Å²) in [7, 11) is 0. The number of aromatic nitrogens is 2. The van der Waals surface area contributed by atoms with Crippen LogP contribution in [0.5, 0.6) is 11.5 Å². The molecule has 5 nitrogen and oxygen atoms in total. The maximum Gasteiger partial charge on any atom is 0.179 e. The molecule has 0 bridgehead atoms. The number of fused-ring (bicyclic) bond motifs is 1. The van der Waals surface area contributed by atoms with E-state index in [1.54, 1.807) is 0 Å². The van der Waals surface area contributed by atoms with Crippen molar-refractivity contribution in [3.05, 3.63) is 64.3 Å². The summed E-state index contributed by atoms with van der Waals surface area (Å²) >= 11 is 6.59. The van der Waals surface area contributed by atoms with Gasteiger partial charge in [-0.15, -0.1) is 0 Å². The largest absolute Gasteiger partial charge is 0.490 e. The van der Waals surface area contributed by atoms with E-state index in [2.05, 4.69) is 52.4 Å². The van der Waals surface area contributed by atoms with Gasteiger partial charge in [-0.1, -0.05) is 48.9 Å². The molecule has 0 saturated heterocycles. The van der Waals surface area contributed by atoms with Crippen molar-refractivity contribution in [2.24, 2.45) is 0 Å². The van der Waals surface area contributed by atoms with Crippen LogP contribution in [0.15, 0.2) is 42.5 Å². The van der Waals surface area contributed by atoms with Crippen molar-refractivity contribution in [3.8, 4) is 22.8 Å². The first-order valence-corrected chi connectivity index (χ1v) is 11.0.